The van der Waals surface area contributed by atoms with Gasteiger partial charge in [-0.3, -0.25) is 0 Å². The van der Waals surface area contributed by atoms with Crippen LogP contribution in [0.4, 0.5) is 0 Å². The molecule has 0 aliphatic rings. The van der Waals surface area contributed by atoms with Crippen LogP contribution < -0.4 is 5.32 Å². The van der Waals surface area contributed by atoms with Gasteiger partial charge in [-0.1, -0.05) is 27.7 Å². The van der Waals surface area contributed by atoms with E-state index >= 15 is 0 Å². The van der Waals surface area contributed by atoms with Gasteiger partial charge in [-0.2, -0.15) is 0 Å². The minimum absolute atomic E-state index is 0.00235. The van der Waals surface area contributed by atoms with Crippen LogP contribution in [0.5, 0.6) is 0 Å². The largest absolute Gasteiger partial charge is 0.379 e. The van der Waals surface area contributed by atoms with E-state index in [0.29, 0.717) is 11.5 Å². The second-order valence-electron chi connectivity index (χ2n) is 7.59. The van der Waals surface area contributed by atoms with Crippen LogP contribution >= 0.6 is 0 Å². The molecule has 2 unspecified atom stereocenters. The van der Waals surface area contributed by atoms with Crippen molar-refractivity contribution >= 4 is 0 Å². The molecule has 18 heavy (non-hydrogen) atoms. The molecule has 0 spiro atoms. The Morgan fingerprint density at radius 2 is 1.67 bits per heavy atom. The number of hydrogen-bond donors (Lipinski definition) is 1. The number of rotatable bonds is 8. The molecule has 0 amide bonds. The molecule has 0 aliphatic carbocycles. The average molecular weight is 257 g/mol. The highest BCUT2D eigenvalue weighted by atomic mass is 16.5. The van der Waals surface area contributed by atoms with Crippen molar-refractivity contribution < 1.29 is 4.74 Å². The minimum Gasteiger partial charge on any atom is -0.379 e. The van der Waals surface area contributed by atoms with E-state index in [1.807, 2.05) is 0 Å². The fourth-order valence-electron chi connectivity index (χ4n) is 2.62. The molecule has 0 rings (SSSR count). The molecular weight excluding hydrogens is 222 g/mol. The summed E-state index contributed by atoms with van der Waals surface area (Å²) in [7, 11) is 3.88. The third kappa shape index (κ3) is 8.93. The third-order valence-electron chi connectivity index (χ3n) is 3.70. The van der Waals surface area contributed by atoms with Gasteiger partial charge in [-0.15, -0.1) is 0 Å². The molecule has 0 saturated carbocycles. The molecule has 0 aromatic rings. The molecule has 1 N–H and O–H groups in total. The first-order chi connectivity index (χ1) is 8.09. The third-order valence-corrected chi connectivity index (χ3v) is 3.70. The highest BCUT2D eigenvalue weighted by molar-refractivity contribution is 4.76. The van der Waals surface area contributed by atoms with Crippen LogP contribution in [0.25, 0.3) is 0 Å². The molecule has 2 nitrogen and oxygen atoms in total. The smallest absolute Gasteiger partial charge is 0.0623 e. The van der Waals surface area contributed by atoms with Gasteiger partial charge in [0.25, 0.3) is 0 Å². The maximum absolute atomic E-state index is 5.49. The van der Waals surface area contributed by atoms with Gasteiger partial charge in [0.05, 0.1) is 5.60 Å². The maximum atomic E-state index is 5.49. The highest BCUT2D eigenvalue weighted by Gasteiger charge is 2.21. The topological polar surface area (TPSA) is 21.3 Å². The summed E-state index contributed by atoms with van der Waals surface area (Å²) in [4.78, 5) is 0. The van der Waals surface area contributed by atoms with Gasteiger partial charge in [-0.05, 0) is 57.9 Å². The number of nitrogens with one attached hydrogen (secondary N) is 1. The molecule has 2 atom stereocenters. The number of hydrogen-bond acceptors (Lipinski definition) is 2. The lowest BCUT2D eigenvalue weighted by Crippen LogP contribution is -2.32. The summed E-state index contributed by atoms with van der Waals surface area (Å²) < 4.78 is 5.49. The molecule has 0 bridgehead atoms. The number of ether oxygens (including phenoxy) is 1. The summed E-state index contributed by atoms with van der Waals surface area (Å²) in [5, 5.41) is 3.46. The quantitative estimate of drug-likeness (QED) is 0.702. The van der Waals surface area contributed by atoms with Crippen LogP contribution in [0.1, 0.15) is 67.2 Å². The van der Waals surface area contributed by atoms with E-state index in [9.17, 15) is 0 Å². The van der Waals surface area contributed by atoms with E-state index in [2.05, 4.69) is 53.9 Å². The van der Waals surface area contributed by atoms with Crippen molar-refractivity contribution in [2.24, 2.45) is 11.3 Å². The van der Waals surface area contributed by atoms with Crippen molar-refractivity contribution in [3.8, 4) is 0 Å². The van der Waals surface area contributed by atoms with Crippen molar-refractivity contribution in [3.63, 3.8) is 0 Å². The van der Waals surface area contributed by atoms with E-state index in [-0.39, 0.29) is 5.60 Å². The van der Waals surface area contributed by atoms with Crippen LogP contribution in [0.2, 0.25) is 0 Å². The van der Waals surface area contributed by atoms with Gasteiger partial charge in [0.1, 0.15) is 0 Å². The zero-order valence-corrected chi connectivity index (χ0v) is 13.9. The maximum Gasteiger partial charge on any atom is 0.0623 e. The predicted molar refractivity (Wildman–Crippen MR) is 81.0 cm³/mol. The van der Waals surface area contributed by atoms with Crippen molar-refractivity contribution in [3.05, 3.63) is 0 Å². The van der Waals surface area contributed by atoms with Gasteiger partial charge in [-0.25, -0.2) is 0 Å². The summed E-state index contributed by atoms with van der Waals surface area (Å²) in [5.41, 5.74) is 0.436. The van der Waals surface area contributed by atoms with E-state index < -0.39 is 0 Å². The summed E-state index contributed by atoms with van der Waals surface area (Å²) in [6, 6.07) is 0.608. The Balaban J connectivity index is 4.11. The normalized spacial score (nSPS) is 16.7. The molecule has 0 fully saturated rings. The van der Waals surface area contributed by atoms with Gasteiger partial charge in [0.2, 0.25) is 0 Å². The zero-order valence-electron chi connectivity index (χ0n) is 13.9. The lowest BCUT2D eigenvalue weighted by Gasteiger charge is -2.29. The van der Waals surface area contributed by atoms with Gasteiger partial charge >= 0.3 is 0 Å². The summed E-state index contributed by atoms with van der Waals surface area (Å²) in [5.74, 6) is 0.771. The van der Waals surface area contributed by atoms with E-state index in [1.54, 1.807) is 7.11 Å². The molecule has 110 valence electrons. The first kappa shape index (κ1) is 17.9. The molecule has 0 radical (unpaired) electrons. The van der Waals surface area contributed by atoms with Crippen LogP contribution in [-0.2, 0) is 4.74 Å². The van der Waals surface area contributed by atoms with Crippen molar-refractivity contribution in [1.29, 1.82) is 0 Å². The molecule has 0 aromatic heterocycles. The van der Waals surface area contributed by atoms with Gasteiger partial charge in [0, 0.05) is 13.2 Å². The van der Waals surface area contributed by atoms with Crippen molar-refractivity contribution in [2.45, 2.75) is 78.9 Å². The average Bonchev–Trinajstić information content (AvgIpc) is 2.21. The van der Waals surface area contributed by atoms with Crippen LogP contribution in [0.3, 0.4) is 0 Å². The molecule has 0 aliphatic heterocycles. The molecule has 0 saturated heterocycles. The minimum atomic E-state index is 0.00235. The Morgan fingerprint density at radius 3 is 2.06 bits per heavy atom. The Bertz CT molecular complexity index is 218. The molecular formula is C16H35NO. The Morgan fingerprint density at radius 1 is 1.11 bits per heavy atom. The van der Waals surface area contributed by atoms with Gasteiger partial charge in [0.15, 0.2) is 0 Å². The summed E-state index contributed by atoms with van der Waals surface area (Å²) in [6.07, 6.45) is 4.84. The van der Waals surface area contributed by atoms with Crippen LogP contribution in [-0.4, -0.2) is 25.8 Å². The fourth-order valence-corrected chi connectivity index (χ4v) is 2.62. The number of methoxy groups -OCH3 is 1. The standard InChI is InChI=1S/C16H35NO/c1-13(12-15(2,3)4)11-14(17-7)9-10-16(5,6)18-8/h13-14,17H,9-12H2,1-8H3. The first-order valence-corrected chi connectivity index (χ1v) is 7.32. The second kappa shape index (κ2) is 7.49. The Hall–Kier alpha value is -0.0800. The SMILES string of the molecule is CNC(CCC(C)(C)OC)CC(C)CC(C)(C)C. The van der Waals surface area contributed by atoms with Crippen LogP contribution in [0.15, 0.2) is 0 Å². The zero-order chi connectivity index (χ0) is 14.4. The predicted octanol–water partition coefficient (Wildman–Crippen LogP) is 4.24. The van der Waals surface area contributed by atoms with Crippen molar-refractivity contribution in [1.82, 2.24) is 5.32 Å². The lowest BCUT2D eigenvalue weighted by molar-refractivity contribution is 0.0112. The van der Waals surface area contributed by atoms with Gasteiger partial charge < -0.3 is 10.1 Å². The molecule has 0 heterocycles. The van der Waals surface area contributed by atoms with E-state index in [4.69, 9.17) is 4.74 Å². The highest BCUT2D eigenvalue weighted by Crippen LogP contribution is 2.28. The Kier molecular flexibility index (Phi) is 7.46. The summed E-state index contributed by atoms with van der Waals surface area (Å²) >= 11 is 0. The van der Waals surface area contributed by atoms with E-state index in [0.717, 1.165) is 12.3 Å². The fraction of sp³-hybridized carbons (Fsp3) is 1.00. The molecule has 0 aromatic carbocycles. The van der Waals surface area contributed by atoms with Crippen LogP contribution in [0, 0.1) is 11.3 Å². The second-order valence-corrected chi connectivity index (χ2v) is 7.59. The van der Waals surface area contributed by atoms with Crippen molar-refractivity contribution in [2.75, 3.05) is 14.2 Å². The first-order valence-electron chi connectivity index (χ1n) is 7.32. The summed E-state index contributed by atoms with van der Waals surface area (Å²) in [6.45, 7) is 13.7. The lowest BCUT2D eigenvalue weighted by atomic mass is 9.82. The Labute approximate surface area is 115 Å². The van der Waals surface area contributed by atoms with E-state index in [1.165, 1.54) is 19.3 Å². The monoisotopic (exact) mass is 257 g/mol. The molecule has 2 heteroatoms.